The first-order valence-corrected chi connectivity index (χ1v) is 10.5. The van der Waals surface area contributed by atoms with E-state index >= 15 is 0 Å². The summed E-state index contributed by atoms with van der Waals surface area (Å²) < 4.78 is 24.6. The number of piperidine rings is 1. The average Bonchev–Trinajstić information content (AvgIpc) is 2.76. The molecule has 0 spiro atoms. The maximum absolute atomic E-state index is 12.3. The van der Waals surface area contributed by atoms with Crippen LogP contribution in [0.5, 0.6) is 0 Å². The second kappa shape index (κ2) is 11.3. The molecule has 2 aromatic carbocycles. The van der Waals surface area contributed by atoms with Crippen LogP contribution in [0.4, 0.5) is 25.0 Å². The molecule has 1 fully saturated rings. The Bertz CT molecular complexity index is 901. The van der Waals surface area contributed by atoms with Crippen LogP contribution in [0.3, 0.4) is 0 Å². The van der Waals surface area contributed by atoms with Crippen molar-refractivity contribution in [1.82, 2.24) is 4.90 Å². The summed E-state index contributed by atoms with van der Waals surface area (Å²) in [5.41, 5.74) is 2.01. The highest BCUT2D eigenvalue weighted by Crippen LogP contribution is 2.26. The summed E-state index contributed by atoms with van der Waals surface area (Å²) in [4.78, 5) is 31.5. The van der Waals surface area contributed by atoms with Gasteiger partial charge >= 0.3 is 6.03 Å². The lowest BCUT2D eigenvalue weighted by atomic mass is 10.1. The third kappa shape index (κ3) is 7.56. The fourth-order valence-corrected chi connectivity index (χ4v) is 3.38. The number of urea groups is 1. The van der Waals surface area contributed by atoms with Crippen molar-refractivity contribution in [2.45, 2.75) is 23.5 Å². The summed E-state index contributed by atoms with van der Waals surface area (Å²) in [5.74, 6) is -2.89. The number of carbonyl (C=O) groups excluding carboxylic acids is 2. The Morgan fingerprint density at radius 3 is 2.29 bits per heavy atom. The molecule has 2 aromatic rings. The Kier molecular flexibility index (Phi) is 8.22. The third-order valence-corrected chi connectivity index (χ3v) is 5.13. The Hall–Kier alpha value is -3.14. The van der Waals surface area contributed by atoms with Gasteiger partial charge in [0.25, 0.3) is 11.7 Å². The van der Waals surface area contributed by atoms with E-state index in [1.807, 2.05) is 30.3 Å². The van der Waals surface area contributed by atoms with E-state index in [0.29, 0.717) is 48.3 Å². The number of para-hydroxylation sites is 1. The number of hydrogen-bond donors (Lipinski definition) is 2. The minimum Gasteiger partial charge on any atom is -0.386 e. The molecule has 0 bridgehead atoms. The van der Waals surface area contributed by atoms with Crippen molar-refractivity contribution >= 4 is 40.8 Å². The van der Waals surface area contributed by atoms with E-state index in [1.54, 1.807) is 17.0 Å². The smallest absolute Gasteiger partial charge is 0.321 e. The Morgan fingerprint density at radius 1 is 1.00 bits per heavy atom. The number of nitrogens with one attached hydrogen (secondary N) is 2. The van der Waals surface area contributed by atoms with Crippen LogP contribution in [-0.4, -0.2) is 48.0 Å². The zero-order valence-electron chi connectivity index (χ0n) is 16.6. The molecule has 10 heteroatoms. The van der Waals surface area contributed by atoms with Crippen molar-refractivity contribution < 1.29 is 23.2 Å². The largest absolute Gasteiger partial charge is 0.386 e. The van der Waals surface area contributed by atoms with Crippen LogP contribution in [0.2, 0.25) is 0 Å². The van der Waals surface area contributed by atoms with Gasteiger partial charge in [0.15, 0.2) is 6.61 Å². The summed E-state index contributed by atoms with van der Waals surface area (Å²) >= 11 is 0.441. The zero-order chi connectivity index (χ0) is 22.1. The molecule has 0 aromatic heterocycles. The van der Waals surface area contributed by atoms with Gasteiger partial charge in [0.2, 0.25) is 0 Å². The molecule has 0 unspecified atom stereocenters. The highest BCUT2D eigenvalue weighted by atomic mass is 32.2. The first-order valence-electron chi connectivity index (χ1n) is 9.63. The first kappa shape index (κ1) is 22.5. The van der Waals surface area contributed by atoms with Crippen molar-refractivity contribution in [3.05, 3.63) is 54.6 Å². The van der Waals surface area contributed by atoms with E-state index in [9.17, 15) is 18.4 Å². The van der Waals surface area contributed by atoms with E-state index < -0.39 is 11.7 Å². The third-order valence-electron chi connectivity index (χ3n) is 4.41. The number of amides is 3. The quantitative estimate of drug-likeness (QED) is 0.478. The number of thioether (sulfide) groups is 1. The summed E-state index contributed by atoms with van der Waals surface area (Å²) in [7, 11) is 0. The normalized spacial score (nSPS) is 13.6. The van der Waals surface area contributed by atoms with Gasteiger partial charge in [-0.05, 0) is 36.4 Å². The number of likely N-dealkylation sites (tertiary alicyclic amines) is 1. The summed E-state index contributed by atoms with van der Waals surface area (Å²) in [6, 6.07) is 15.2. The molecule has 3 rings (SSSR count). The number of anilines is 2. The number of halogens is 2. The predicted molar refractivity (Wildman–Crippen MR) is 117 cm³/mol. The minimum atomic E-state index is -2.49. The summed E-state index contributed by atoms with van der Waals surface area (Å²) in [6.45, 7) is 0.751. The lowest BCUT2D eigenvalue weighted by molar-refractivity contribution is -0.120. The van der Waals surface area contributed by atoms with Crippen LogP contribution in [0.25, 0.3) is 0 Å². The van der Waals surface area contributed by atoms with Crippen molar-refractivity contribution in [2.24, 2.45) is 5.16 Å². The predicted octanol–water partition coefficient (Wildman–Crippen LogP) is 4.64. The molecular weight excluding hydrogens is 426 g/mol. The van der Waals surface area contributed by atoms with E-state index in [0.717, 1.165) is 11.4 Å². The van der Waals surface area contributed by atoms with Gasteiger partial charge in [-0.25, -0.2) is 4.79 Å². The Morgan fingerprint density at radius 2 is 1.65 bits per heavy atom. The Labute approximate surface area is 182 Å². The molecule has 0 atom stereocenters. The molecule has 1 heterocycles. The van der Waals surface area contributed by atoms with E-state index in [2.05, 4.69) is 15.8 Å². The number of carbonyl (C=O) groups is 2. The van der Waals surface area contributed by atoms with Crippen molar-refractivity contribution in [3.8, 4) is 0 Å². The maximum atomic E-state index is 12.3. The van der Waals surface area contributed by atoms with Gasteiger partial charge in [0.05, 0.1) is 5.71 Å². The molecule has 0 radical (unpaired) electrons. The number of oxime groups is 1. The number of benzene rings is 2. The topological polar surface area (TPSA) is 83.0 Å². The number of alkyl halides is 2. The molecule has 3 amide bonds. The van der Waals surface area contributed by atoms with Crippen LogP contribution in [0.15, 0.2) is 64.6 Å². The lowest BCUT2D eigenvalue weighted by Crippen LogP contribution is -2.41. The standard InChI is InChI=1S/C21H22F2N4O3S/c22-20(23)31-18-8-6-16(7-9-18)24-19(28)14-30-26-17-10-12-27(13-11-17)21(29)25-15-4-2-1-3-5-15/h1-9,20H,10-14H2,(H,24,28)(H,25,29). The number of rotatable bonds is 7. The van der Waals surface area contributed by atoms with E-state index in [1.165, 1.54) is 12.1 Å². The first-order chi connectivity index (χ1) is 15.0. The molecule has 1 aliphatic heterocycles. The van der Waals surface area contributed by atoms with Gasteiger partial charge in [0.1, 0.15) is 0 Å². The lowest BCUT2D eigenvalue weighted by Gasteiger charge is -2.27. The summed E-state index contributed by atoms with van der Waals surface area (Å²) in [5, 5.41) is 9.46. The highest BCUT2D eigenvalue weighted by molar-refractivity contribution is 7.99. The Balaban J connectivity index is 1.37. The van der Waals surface area contributed by atoms with Crippen LogP contribution in [0, 0.1) is 0 Å². The highest BCUT2D eigenvalue weighted by Gasteiger charge is 2.20. The molecule has 0 saturated carbocycles. The monoisotopic (exact) mass is 448 g/mol. The van der Waals surface area contributed by atoms with E-state index in [-0.39, 0.29) is 12.6 Å². The number of nitrogens with zero attached hydrogens (tertiary/aromatic N) is 2. The SMILES string of the molecule is O=C(CON=C1CCN(C(=O)Nc2ccccc2)CC1)Nc1ccc(SC(F)F)cc1. The fourth-order valence-electron chi connectivity index (χ4n) is 2.88. The molecule has 2 N–H and O–H groups in total. The molecule has 31 heavy (non-hydrogen) atoms. The van der Waals surface area contributed by atoms with Gasteiger partial charge in [0, 0.05) is 42.2 Å². The molecule has 7 nitrogen and oxygen atoms in total. The van der Waals surface area contributed by atoms with Gasteiger partial charge < -0.3 is 20.4 Å². The average molecular weight is 448 g/mol. The maximum Gasteiger partial charge on any atom is 0.321 e. The molecular formula is C21H22F2N4O3S. The molecule has 1 aliphatic rings. The van der Waals surface area contributed by atoms with Crippen LogP contribution < -0.4 is 10.6 Å². The van der Waals surface area contributed by atoms with Crippen LogP contribution >= 0.6 is 11.8 Å². The van der Waals surface area contributed by atoms with Crippen molar-refractivity contribution in [2.75, 3.05) is 30.3 Å². The second-order valence-corrected chi connectivity index (χ2v) is 7.73. The number of hydrogen-bond acceptors (Lipinski definition) is 5. The summed E-state index contributed by atoms with van der Waals surface area (Å²) in [6.07, 6.45) is 1.13. The van der Waals surface area contributed by atoms with Crippen molar-refractivity contribution in [1.29, 1.82) is 0 Å². The van der Waals surface area contributed by atoms with Crippen LogP contribution in [0.1, 0.15) is 12.8 Å². The minimum absolute atomic E-state index is 0.163. The van der Waals surface area contributed by atoms with Gasteiger partial charge in [-0.15, -0.1) is 0 Å². The van der Waals surface area contributed by atoms with Gasteiger partial charge in [-0.1, -0.05) is 35.1 Å². The molecule has 1 saturated heterocycles. The molecule has 164 valence electrons. The van der Waals surface area contributed by atoms with Gasteiger partial charge in [-0.3, -0.25) is 4.79 Å². The van der Waals surface area contributed by atoms with Crippen LogP contribution in [-0.2, 0) is 9.63 Å². The van der Waals surface area contributed by atoms with Gasteiger partial charge in [-0.2, -0.15) is 8.78 Å². The second-order valence-electron chi connectivity index (χ2n) is 6.67. The zero-order valence-corrected chi connectivity index (χ0v) is 17.4. The van der Waals surface area contributed by atoms with E-state index in [4.69, 9.17) is 4.84 Å². The van der Waals surface area contributed by atoms with Crippen molar-refractivity contribution in [3.63, 3.8) is 0 Å². The molecule has 0 aliphatic carbocycles. The fraction of sp³-hybridized carbons (Fsp3) is 0.286.